The zero-order valence-corrected chi connectivity index (χ0v) is 14.3. The first kappa shape index (κ1) is 18.6. The molecule has 0 radical (unpaired) electrons. The van der Waals surface area contributed by atoms with Gasteiger partial charge in [-0.1, -0.05) is 6.92 Å². The summed E-state index contributed by atoms with van der Waals surface area (Å²) < 4.78 is 51.1. The maximum atomic E-state index is 14.3. The molecule has 1 aliphatic rings. The molecule has 0 saturated heterocycles. The fourth-order valence-electron chi connectivity index (χ4n) is 3.24. The Morgan fingerprint density at radius 3 is 2.54 bits per heavy atom. The number of anilines is 1. The number of halogens is 2. The Kier molecular flexibility index (Phi) is 4.87. The van der Waals surface area contributed by atoms with E-state index >= 15 is 0 Å². The van der Waals surface area contributed by atoms with Gasteiger partial charge in [-0.25, -0.2) is 17.2 Å². The molecule has 0 aliphatic carbocycles. The highest BCUT2D eigenvalue weighted by Crippen LogP contribution is 2.43. The Bertz CT molecular complexity index is 769. The number of hydrogen-bond donors (Lipinski definition) is 3. The van der Waals surface area contributed by atoms with Crippen LogP contribution in [0.5, 0.6) is 0 Å². The second-order valence-electron chi connectivity index (χ2n) is 6.09. The van der Waals surface area contributed by atoms with Gasteiger partial charge in [-0.15, -0.1) is 0 Å². The SMILES string of the molecule is CCC1(S(C)(=O)=O)CC[C@@](CF)(c2cc(NO)ccc2F)N=C1N. The summed E-state index contributed by atoms with van der Waals surface area (Å²) in [5, 5.41) is 8.98. The summed E-state index contributed by atoms with van der Waals surface area (Å²) in [6, 6.07) is 3.60. The van der Waals surface area contributed by atoms with Crippen LogP contribution < -0.4 is 11.2 Å². The highest BCUT2D eigenvalue weighted by atomic mass is 32.2. The molecule has 1 aromatic rings. The third-order valence-electron chi connectivity index (χ3n) is 4.84. The maximum absolute atomic E-state index is 14.3. The van der Waals surface area contributed by atoms with Crippen LogP contribution in [0.2, 0.25) is 0 Å². The van der Waals surface area contributed by atoms with Crippen molar-refractivity contribution in [2.75, 3.05) is 18.4 Å². The number of hydrogen-bond acceptors (Lipinski definition) is 6. The number of nitrogens with two attached hydrogens (primary N) is 1. The van der Waals surface area contributed by atoms with Gasteiger partial charge in [-0.2, -0.15) is 0 Å². The van der Waals surface area contributed by atoms with E-state index in [0.29, 0.717) is 0 Å². The topological polar surface area (TPSA) is 105 Å². The van der Waals surface area contributed by atoms with Crippen LogP contribution in [0, 0.1) is 5.82 Å². The Balaban J connectivity index is 2.64. The number of alkyl halides is 1. The molecule has 134 valence electrons. The van der Waals surface area contributed by atoms with E-state index in [2.05, 4.69) is 4.99 Å². The van der Waals surface area contributed by atoms with Gasteiger partial charge in [0.1, 0.15) is 28.6 Å². The highest BCUT2D eigenvalue weighted by molar-refractivity contribution is 7.92. The lowest BCUT2D eigenvalue weighted by Gasteiger charge is -2.41. The third kappa shape index (κ3) is 2.75. The minimum atomic E-state index is -3.57. The van der Waals surface area contributed by atoms with Crippen molar-refractivity contribution in [1.29, 1.82) is 0 Å². The van der Waals surface area contributed by atoms with Crippen LogP contribution in [0.3, 0.4) is 0 Å². The van der Waals surface area contributed by atoms with Crippen molar-refractivity contribution in [3.05, 3.63) is 29.6 Å². The van der Waals surface area contributed by atoms with Gasteiger partial charge in [0.25, 0.3) is 0 Å². The summed E-state index contributed by atoms with van der Waals surface area (Å²) in [6.07, 6.45) is 1.29. The molecule has 24 heavy (non-hydrogen) atoms. The lowest BCUT2D eigenvalue weighted by Crippen LogP contribution is -2.55. The van der Waals surface area contributed by atoms with Gasteiger partial charge in [0, 0.05) is 11.8 Å². The van der Waals surface area contributed by atoms with E-state index in [1.54, 1.807) is 6.92 Å². The maximum Gasteiger partial charge on any atom is 0.160 e. The number of nitrogens with one attached hydrogen (secondary N) is 1. The molecule has 2 rings (SSSR count). The summed E-state index contributed by atoms with van der Waals surface area (Å²) in [5.41, 5.74) is 6.29. The second-order valence-corrected chi connectivity index (χ2v) is 8.41. The fourth-order valence-corrected chi connectivity index (χ4v) is 4.66. The van der Waals surface area contributed by atoms with E-state index in [-0.39, 0.29) is 36.3 Å². The summed E-state index contributed by atoms with van der Waals surface area (Å²) in [4.78, 5) is 4.12. The van der Waals surface area contributed by atoms with Gasteiger partial charge in [-0.3, -0.25) is 15.7 Å². The predicted octanol–water partition coefficient (Wildman–Crippen LogP) is 2.14. The van der Waals surface area contributed by atoms with Crippen molar-refractivity contribution in [1.82, 2.24) is 0 Å². The molecule has 6 nitrogen and oxygen atoms in total. The molecule has 0 saturated carbocycles. The van der Waals surface area contributed by atoms with Crippen LogP contribution in [0.1, 0.15) is 31.7 Å². The zero-order valence-electron chi connectivity index (χ0n) is 13.5. The van der Waals surface area contributed by atoms with Crippen LogP contribution in [0.15, 0.2) is 23.2 Å². The predicted molar refractivity (Wildman–Crippen MR) is 88.2 cm³/mol. The quantitative estimate of drug-likeness (QED) is 0.697. The first-order chi connectivity index (χ1) is 11.2. The minimum Gasteiger partial charge on any atom is -0.386 e. The molecule has 1 aromatic carbocycles. The average molecular weight is 361 g/mol. The number of nitrogens with zero attached hydrogens (tertiary/aromatic N) is 1. The second kappa shape index (κ2) is 6.29. The Morgan fingerprint density at radius 1 is 1.42 bits per heavy atom. The normalized spacial score (nSPS) is 27.6. The number of rotatable bonds is 5. The number of sulfone groups is 1. The van der Waals surface area contributed by atoms with Crippen molar-refractivity contribution in [2.24, 2.45) is 10.7 Å². The van der Waals surface area contributed by atoms with Crippen LogP contribution in [-0.4, -0.2) is 37.1 Å². The number of aliphatic imine (C=N–C) groups is 1. The van der Waals surface area contributed by atoms with Crippen LogP contribution >= 0.6 is 0 Å². The monoisotopic (exact) mass is 361 g/mol. The van der Waals surface area contributed by atoms with E-state index in [0.717, 1.165) is 12.3 Å². The van der Waals surface area contributed by atoms with Crippen molar-refractivity contribution < 1.29 is 22.4 Å². The molecule has 1 heterocycles. The van der Waals surface area contributed by atoms with Gasteiger partial charge in [-0.05, 0) is 37.5 Å². The van der Waals surface area contributed by atoms with Gasteiger partial charge >= 0.3 is 0 Å². The molecule has 0 amide bonds. The van der Waals surface area contributed by atoms with E-state index in [9.17, 15) is 17.2 Å². The van der Waals surface area contributed by atoms with Gasteiger partial charge in [0.2, 0.25) is 0 Å². The molecular formula is C15H21F2N3O3S. The number of amidine groups is 1. The van der Waals surface area contributed by atoms with Gasteiger partial charge in [0.05, 0.1) is 5.69 Å². The summed E-state index contributed by atoms with van der Waals surface area (Å²) >= 11 is 0. The Hall–Kier alpha value is -1.74. The first-order valence-electron chi connectivity index (χ1n) is 7.47. The molecule has 0 spiro atoms. The molecule has 1 unspecified atom stereocenters. The van der Waals surface area contributed by atoms with E-state index < -0.39 is 32.6 Å². The molecular weight excluding hydrogens is 340 g/mol. The van der Waals surface area contributed by atoms with E-state index in [1.165, 1.54) is 12.1 Å². The minimum absolute atomic E-state index is 0.0170. The van der Waals surface area contributed by atoms with Crippen LogP contribution in [0.4, 0.5) is 14.5 Å². The van der Waals surface area contributed by atoms with Crippen molar-refractivity contribution in [2.45, 2.75) is 36.5 Å². The summed E-state index contributed by atoms with van der Waals surface area (Å²) in [6.45, 7) is 0.631. The van der Waals surface area contributed by atoms with Gasteiger partial charge in [0.15, 0.2) is 9.84 Å². The lowest BCUT2D eigenvalue weighted by atomic mass is 9.79. The van der Waals surface area contributed by atoms with Gasteiger partial charge < -0.3 is 5.73 Å². The molecule has 0 fully saturated rings. The average Bonchev–Trinajstić information content (AvgIpc) is 2.54. The summed E-state index contributed by atoms with van der Waals surface area (Å²) in [7, 11) is -3.57. The fraction of sp³-hybridized carbons (Fsp3) is 0.533. The van der Waals surface area contributed by atoms with Crippen LogP contribution in [0.25, 0.3) is 0 Å². The van der Waals surface area contributed by atoms with Crippen molar-refractivity contribution >= 4 is 21.4 Å². The van der Waals surface area contributed by atoms with Crippen molar-refractivity contribution in [3.8, 4) is 0 Å². The highest BCUT2D eigenvalue weighted by Gasteiger charge is 2.51. The molecule has 9 heteroatoms. The largest absolute Gasteiger partial charge is 0.386 e. The smallest absolute Gasteiger partial charge is 0.160 e. The molecule has 2 atom stereocenters. The standard InChI is InChI=1S/C15H21F2N3O3S/c1-3-15(24(2,22)23)7-6-14(9-16,19-13(15)18)11-8-10(20-21)4-5-12(11)17/h4-5,8,20-21H,3,6-7,9H2,1-2H3,(H2,18,19)/t14-,15?/m1/s1. The molecule has 4 N–H and O–H groups in total. The van der Waals surface area contributed by atoms with Crippen molar-refractivity contribution in [3.63, 3.8) is 0 Å². The van der Waals surface area contributed by atoms with E-state index in [4.69, 9.17) is 10.9 Å². The zero-order chi connectivity index (χ0) is 18.2. The number of benzene rings is 1. The Labute approximate surface area is 139 Å². The lowest BCUT2D eigenvalue weighted by molar-refractivity contribution is 0.262. The molecule has 0 aromatic heterocycles. The molecule has 0 bridgehead atoms. The third-order valence-corrected chi connectivity index (χ3v) is 6.96. The first-order valence-corrected chi connectivity index (χ1v) is 9.36. The Morgan fingerprint density at radius 2 is 2.08 bits per heavy atom. The molecule has 1 aliphatic heterocycles. The summed E-state index contributed by atoms with van der Waals surface area (Å²) in [5.74, 6) is -0.912. The van der Waals surface area contributed by atoms with Crippen LogP contribution in [-0.2, 0) is 15.4 Å². The van der Waals surface area contributed by atoms with E-state index in [1.807, 2.05) is 5.48 Å².